The molecule has 0 bridgehead atoms. The van der Waals surface area contributed by atoms with Gasteiger partial charge in [-0.2, -0.15) is 0 Å². The van der Waals surface area contributed by atoms with Crippen LogP contribution in [0.4, 0.5) is 5.69 Å². The van der Waals surface area contributed by atoms with E-state index < -0.39 is 10.0 Å². The highest BCUT2D eigenvalue weighted by molar-refractivity contribution is 7.89. The van der Waals surface area contributed by atoms with Crippen molar-refractivity contribution in [3.63, 3.8) is 0 Å². The molecule has 0 saturated heterocycles. The number of hydrogen-bond acceptors (Lipinski definition) is 4. The van der Waals surface area contributed by atoms with E-state index in [1.54, 1.807) is 0 Å². The Labute approximate surface area is 76.2 Å². The number of hydrogen-bond donors (Lipinski definition) is 3. The van der Waals surface area contributed by atoms with Crippen molar-refractivity contribution in [2.45, 2.75) is 4.90 Å². The molecule has 0 unspecified atom stereocenters. The van der Waals surface area contributed by atoms with Crippen LogP contribution in [0, 0.1) is 0 Å². The molecule has 1 rings (SSSR count). The summed E-state index contributed by atoms with van der Waals surface area (Å²) in [5.41, 5.74) is 5.43. The number of anilines is 1. The fourth-order valence-electron chi connectivity index (χ4n) is 0.891. The summed E-state index contributed by atoms with van der Waals surface area (Å²) >= 11 is 0. The van der Waals surface area contributed by atoms with Crippen molar-refractivity contribution in [1.82, 2.24) is 4.72 Å². The molecule has 0 saturated carbocycles. The SMILES string of the molecule is CNS(=O)(=O)c1ccc(O)cc1N. The summed E-state index contributed by atoms with van der Waals surface area (Å²) in [6.45, 7) is 0. The highest BCUT2D eigenvalue weighted by atomic mass is 32.2. The smallest absolute Gasteiger partial charge is 0.242 e. The first-order valence-corrected chi connectivity index (χ1v) is 4.98. The van der Waals surface area contributed by atoms with Crippen LogP contribution >= 0.6 is 0 Å². The number of phenols is 1. The number of nitrogen functional groups attached to an aromatic ring is 1. The molecule has 13 heavy (non-hydrogen) atoms. The lowest BCUT2D eigenvalue weighted by Crippen LogP contribution is -2.19. The van der Waals surface area contributed by atoms with Crippen LogP contribution in [0.25, 0.3) is 0 Å². The van der Waals surface area contributed by atoms with Crippen molar-refractivity contribution in [2.24, 2.45) is 0 Å². The van der Waals surface area contributed by atoms with Crippen LogP contribution in [0.2, 0.25) is 0 Å². The normalized spacial score (nSPS) is 11.5. The van der Waals surface area contributed by atoms with E-state index in [1.807, 2.05) is 0 Å². The Bertz CT molecular complexity index is 414. The van der Waals surface area contributed by atoms with Crippen molar-refractivity contribution in [1.29, 1.82) is 0 Å². The predicted molar refractivity (Wildman–Crippen MR) is 48.8 cm³/mol. The second-order valence-corrected chi connectivity index (χ2v) is 4.28. The topological polar surface area (TPSA) is 92.4 Å². The molecule has 5 nitrogen and oxygen atoms in total. The van der Waals surface area contributed by atoms with Crippen molar-refractivity contribution in [2.75, 3.05) is 12.8 Å². The molecule has 0 aromatic heterocycles. The zero-order valence-corrected chi connectivity index (χ0v) is 7.80. The van der Waals surface area contributed by atoms with Crippen LogP contribution in [-0.4, -0.2) is 20.6 Å². The summed E-state index contributed by atoms with van der Waals surface area (Å²) in [5, 5.41) is 8.98. The van der Waals surface area contributed by atoms with Gasteiger partial charge in [0.1, 0.15) is 10.6 Å². The summed E-state index contributed by atoms with van der Waals surface area (Å²) in [6.07, 6.45) is 0. The fraction of sp³-hybridized carbons (Fsp3) is 0.143. The van der Waals surface area contributed by atoms with Crippen molar-refractivity contribution >= 4 is 15.7 Å². The van der Waals surface area contributed by atoms with Crippen LogP contribution in [0.1, 0.15) is 0 Å². The van der Waals surface area contributed by atoms with Crippen LogP contribution in [0.15, 0.2) is 23.1 Å². The van der Waals surface area contributed by atoms with Crippen molar-refractivity contribution in [3.05, 3.63) is 18.2 Å². The minimum Gasteiger partial charge on any atom is -0.508 e. The molecule has 0 aliphatic rings. The van der Waals surface area contributed by atoms with E-state index >= 15 is 0 Å². The van der Waals surface area contributed by atoms with Crippen LogP contribution in [0.5, 0.6) is 5.75 Å². The first-order valence-electron chi connectivity index (χ1n) is 3.49. The van der Waals surface area contributed by atoms with Gasteiger partial charge < -0.3 is 10.8 Å². The molecule has 0 spiro atoms. The average Bonchev–Trinajstić information content (AvgIpc) is 2.03. The Morgan fingerprint density at radius 2 is 2.08 bits per heavy atom. The Morgan fingerprint density at radius 3 is 2.54 bits per heavy atom. The van der Waals surface area contributed by atoms with Gasteiger partial charge >= 0.3 is 0 Å². The van der Waals surface area contributed by atoms with Gasteiger partial charge in [-0.05, 0) is 19.2 Å². The van der Waals surface area contributed by atoms with Gasteiger partial charge in [0.15, 0.2) is 0 Å². The zero-order valence-electron chi connectivity index (χ0n) is 6.98. The second-order valence-electron chi connectivity index (χ2n) is 2.43. The molecular formula is C7H10N2O3S. The molecular weight excluding hydrogens is 192 g/mol. The molecule has 0 fully saturated rings. The van der Waals surface area contributed by atoms with Gasteiger partial charge in [-0.1, -0.05) is 0 Å². The summed E-state index contributed by atoms with van der Waals surface area (Å²) in [6, 6.07) is 3.70. The molecule has 1 aromatic carbocycles. The van der Waals surface area contributed by atoms with Crippen LogP contribution < -0.4 is 10.5 Å². The minimum absolute atomic E-state index is 0.0225. The Balaban J connectivity index is 3.33. The maximum Gasteiger partial charge on any atom is 0.242 e. The maximum atomic E-state index is 11.3. The van der Waals surface area contributed by atoms with Gasteiger partial charge in [0.05, 0.1) is 5.69 Å². The van der Waals surface area contributed by atoms with E-state index in [4.69, 9.17) is 10.8 Å². The number of rotatable bonds is 2. The quantitative estimate of drug-likeness (QED) is 0.583. The lowest BCUT2D eigenvalue weighted by molar-refractivity contribution is 0.475. The molecule has 0 radical (unpaired) electrons. The highest BCUT2D eigenvalue weighted by Gasteiger charge is 2.14. The van der Waals surface area contributed by atoms with Crippen molar-refractivity contribution < 1.29 is 13.5 Å². The third-order valence-electron chi connectivity index (χ3n) is 1.55. The first-order chi connectivity index (χ1) is 5.97. The number of nitrogens with two attached hydrogens (primary N) is 1. The molecule has 0 amide bonds. The molecule has 72 valence electrons. The lowest BCUT2D eigenvalue weighted by atomic mass is 10.3. The third kappa shape index (κ3) is 1.90. The maximum absolute atomic E-state index is 11.3. The Hall–Kier alpha value is -1.27. The van der Waals surface area contributed by atoms with E-state index in [0.29, 0.717) is 0 Å². The monoisotopic (exact) mass is 202 g/mol. The largest absolute Gasteiger partial charge is 0.508 e. The van der Waals surface area contributed by atoms with E-state index in [-0.39, 0.29) is 16.3 Å². The van der Waals surface area contributed by atoms with Gasteiger partial charge in [-0.15, -0.1) is 0 Å². The highest BCUT2D eigenvalue weighted by Crippen LogP contribution is 2.22. The first kappa shape index (κ1) is 9.82. The van der Waals surface area contributed by atoms with Gasteiger partial charge in [-0.3, -0.25) is 0 Å². The molecule has 0 heterocycles. The van der Waals surface area contributed by atoms with Gasteiger partial charge in [0, 0.05) is 6.07 Å². The second kappa shape index (κ2) is 3.23. The standard InChI is InChI=1S/C7H10N2O3S/c1-9-13(11,12)7-3-2-5(10)4-6(7)8/h2-4,9-10H,8H2,1H3. The fourth-order valence-corrected chi connectivity index (χ4v) is 1.73. The number of sulfonamides is 1. The molecule has 0 aliphatic carbocycles. The summed E-state index contributed by atoms with van der Waals surface area (Å²) in [4.78, 5) is -0.0344. The molecule has 4 N–H and O–H groups in total. The van der Waals surface area contributed by atoms with E-state index in [2.05, 4.69) is 4.72 Å². The number of aromatic hydroxyl groups is 1. The Kier molecular flexibility index (Phi) is 2.44. The number of phenolic OH excluding ortho intramolecular Hbond substituents is 1. The summed E-state index contributed by atoms with van der Waals surface area (Å²) in [7, 11) is -2.24. The number of benzene rings is 1. The van der Waals surface area contributed by atoms with Crippen LogP contribution in [-0.2, 0) is 10.0 Å². The van der Waals surface area contributed by atoms with Crippen LogP contribution in [0.3, 0.4) is 0 Å². The van der Waals surface area contributed by atoms with E-state index in [9.17, 15) is 8.42 Å². The van der Waals surface area contributed by atoms with E-state index in [0.717, 1.165) is 0 Å². The molecule has 0 atom stereocenters. The number of nitrogens with one attached hydrogen (secondary N) is 1. The van der Waals surface area contributed by atoms with Gasteiger partial charge in [-0.25, -0.2) is 13.1 Å². The summed E-state index contributed by atoms with van der Waals surface area (Å²) in [5.74, 6) is -0.0625. The van der Waals surface area contributed by atoms with Crippen molar-refractivity contribution in [3.8, 4) is 5.75 Å². The predicted octanol–water partition coefficient (Wildman–Crippen LogP) is -0.118. The summed E-state index contributed by atoms with van der Waals surface area (Å²) < 4.78 is 24.6. The molecule has 6 heteroatoms. The van der Waals surface area contributed by atoms with Gasteiger partial charge in [0.25, 0.3) is 0 Å². The zero-order chi connectivity index (χ0) is 10.1. The van der Waals surface area contributed by atoms with Gasteiger partial charge in [0.2, 0.25) is 10.0 Å². The third-order valence-corrected chi connectivity index (χ3v) is 3.04. The minimum atomic E-state index is -3.53. The lowest BCUT2D eigenvalue weighted by Gasteiger charge is -2.05. The Morgan fingerprint density at radius 1 is 1.46 bits per heavy atom. The average molecular weight is 202 g/mol. The molecule has 1 aromatic rings. The van der Waals surface area contributed by atoms with E-state index in [1.165, 1.54) is 25.2 Å². The molecule has 0 aliphatic heterocycles.